The number of carbonyl (C=O) groups is 1. The van der Waals surface area contributed by atoms with E-state index in [0.29, 0.717) is 6.61 Å². The zero-order chi connectivity index (χ0) is 13.7. The number of hydrogen-bond donors (Lipinski definition) is 1. The highest BCUT2D eigenvalue weighted by atomic mass is 16.5. The zero-order valence-corrected chi connectivity index (χ0v) is 11.8. The molecule has 1 aromatic rings. The Hall–Kier alpha value is -1.36. The molecule has 1 N–H and O–H groups in total. The van der Waals surface area contributed by atoms with Crippen molar-refractivity contribution in [1.29, 1.82) is 0 Å². The van der Waals surface area contributed by atoms with Crippen LogP contribution in [0.3, 0.4) is 0 Å². The Morgan fingerprint density at radius 1 is 1.58 bits per heavy atom. The topological polar surface area (TPSA) is 56.1 Å². The van der Waals surface area contributed by atoms with Crippen LogP contribution < -0.4 is 5.32 Å². The molecular weight excluding hydrogens is 242 g/mol. The maximum Gasteiger partial charge on any atom is 0.326 e. The van der Waals surface area contributed by atoms with Crippen LogP contribution in [0.1, 0.15) is 45.6 Å². The van der Waals surface area contributed by atoms with E-state index >= 15 is 0 Å². The first-order valence-corrected chi connectivity index (χ1v) is 7.13. The molecule has 0 radical (unpaired) electrons. The van der Waals surface area contributed by atoms with E-state index in [1.54, 1.807) is 6.20 Å². The van der Waals surface area contributed by atoms with Gasteiger partial charge in [0.25, 0.3) is 0 Å². The summed E-state index contributed by atoms with van der Waals surface area (Å²) in [6.07, 6.45) is 7.28. The summed E-state index contributed by atoms with van der Waals surface area (Å²) in [6, 6.07) is 2.20. The summed E-state index contributed by atoms with van der Waals surface area (Å²) in [5.74, 6) is -0.113. The number of hydrogen-bond acceptors (Lipinski definition) is 4. The van der Waals surface area contributed by atoms with Crippen molar-refractivity contribution >= 4 is 5.97 Å². The van der Waals surface area contributed by atoms with Gasteiger partial charge in [0.05, 0.1) is 12.6 Å². The highest BCUT2D eigenvalue weighted by Gasteiger charge is 2.46. The largest absolute Gasteiger partial charge is 0.465 e. The third-order valence-electron chi connectivity index (χ3n) is 3.77. The quantitative estimate of drug-likeness (QED) is 0.798. The predicted molar refractivity (Wildman–Crippen MR) is 72.8 cm³/mol. The van der Waals surface area contributed by atoms with Crippen LogP contribution >= 0.6 is 0 Å². The van der Waals surface area contributed by atoms with Gasteiger partial charge in [0.15, 0.2) is 0 Å². The first-order valence-electron chi connectivity index (χ1n) is 7.13. The van der Waals surface area contributed by atoms with Gasteiger partial charge in [-0.25, -0.2) is 0 Å². The summed E-state index contributed by atoms with van der Waals surface area (Å²) < 4.78 is 7.21. The van der Waals surface area contributed by atoms with Crippen molar-refractivity contribution in [3.8, 4) is 0 Å². The first-order chi connectivity index (χ1) is 9.22. The van der Waals surface area contributed by atoms with Gasteiger partial charge in [0.2, 0.25) is 0 Å². The van der Waals surface area contributed by atoms with Crippen molar-refractivity contribution in [1.82, 2.24) is 15.1 Å². The molecule has 1 aliphatic rings. The van der Waals surface area contributed by atoms with E-state index in [1.165, 1.54) is 0 Å². The SMILES string of the molecule is CCCNC1(C(=O)OCC)CCC(n2cccn2)C1. The van der Waals surface area contributed by atoms with Gasteiger partial charge < -0.3 is 10.1 Å². The molecule has 2 rings (SSSR count). The lowest BCUT2D eigenvalue weighted by molar-refractivity contribution is -0.151. The minimum absolute atomic E-state index is 0.113. The van der Waals surface area contributed by atoms with Gasteiger partial charge in [-0.2, -0.15) is 5.10 Å². The summed E-state index contributed by atoms with van der Waals surface area (Å²) in [7, 11) is 0. The molecule has 5 nitrogen and oxygen atoms in total. The lowest BCUT2D eigenvalue weighted by Gasteiger charge is -2.28. The Labute approximate surface area is 114 Å². The van der Waals surface area contributed by atoms with Gasteiger partial charge in [-0.1, -0.05) is 6.92 Å². The van der Waals surface area contributed by atoms with E-state index in [2.05, 4.69) is 17.3 Å². The molecule has 0 spiro atoms. The number of rotatable bonds is 6. The second-order valence-electron chi connectivity index (χ2n) is 5.11. The van der Waals surface area contributed by atoms with Crippen LogP contribution in [0.15, 0.2) is 18.5 Å². The fraction of sp³-hybridized carbons (Fsp3) is 0.714. The highest BCUT2D eigenvalue weighted by Crippen LogP contribution is 2.38. The molecule has 0 aromatic carbocycles. The molecule has 2 unspecified atom stereocenters. The van der Waals surface area contributed by atoms with Crippen molar-refractivity contribution in [3.05, 3.63) is 18.5 Å². The number of esters is 1. The third-order valence-corrected chi connectivity index (χ3v) is 3.77. The van der Waals surface area contributed by atoms with Gasteiger partial charge in [0, 0.05) is 12.4 Å². The average Bonchev–Trinajstić information content (AvgIpc) is 3.06. The fourth-order valence-corrected chi connectivity index (χ4v) is 2.79. The molecule has 1 heterocycles. The van der Waals surface area contributed by atoms with Crippen molar-refractivity contribution in [3.63, 3.8) is 0 Å². The normalized spacial score (nSPS) is 26.5. The van der Waals surface area contributed by atoms with Gasteiger partial charge in [-0.05, 0) is 45.2 Å². The lowest BCUT2D eigenvalue weighted by atomic mass is 9.97. The summed E-state index contributed by atoms with van der Waals surface area (Å²) in [4.78, 5) is 12.3. The number of carbonyl (C=O) groups excluding carboxylic acids is 1. The van der Waals surface area contributed by atoms with Crippen LogP contribution in [0.2, 0.25) is 0 Å². The first kappa shape index (κ1) is 14.1. The molecular formula is C14H23N3O2. The Balaban J connectivity index is 2.09. The molecule has 0 aliphatic heterocycles. The molecule has 1 fully saturated rings. The van der Waals surface area contributed by atoms with E-state index in [4.69, 9.17) is 4.74 Å². The standard InChI is InChI=1S/C14H23N3O2/c1-3-8-15-14(13(18)19-4-2)7-6-12(11-14)17-10-5-9-16-17/h5,9-10,12,15H,3-4,6-8,11H2,1-2H3. The number of nitrogens with one attached hydrogen (secondary N) is 1. The van der Waals surface area contributed by atoms with Crippen molar-refractivity contribution in [2.24, 2.45) is 0 Å². The van der Waals surface area contributed by atoms with E-state index in [9.17, 15) is 4.79 Å². The summed E-state index contributed by atoms with van der Waals surface area (Å²) >= 11 is 0. The molecule has 5 heteroatoms. The number of nitrogens with zero attached hydrogens (tertiary/aromatic N) is 2. The van der Waals surface area contributed by atoms with E-state index in [0.717, 1.165) is 32.2 Å². The van der Waals surface area contributed by atoms with Crippen molar-refractivity contribution in [2.45, 2.75) is 51.1 Å². The Morgan fingerprint density at radius 3 is 3.05 bits per heavy atom. The van der Waals surface area contributed by atoms with Crippen molar-refractivity contribution in [2.75, 3.05) is 13.2 Å². The van der Waals surface area contributed by atoms with Gasteiger partial charge >= 0.3 is 5.97 Å². The summed E-state index contributed by atoms with van der Waals surface area (Å²) in [5.41, 5.74) is -0.525. The average molecular weight is 265 g/mol. The van der Waals surface area contributed by atoms with E-state index < -0.39 is 5.54 Å². The maximum absolute atomic E-state index is 12.3. The molecule has 0 saturated heterocycles. The van der Waals surface area contributed by atoms with Gasteiger partial charge in [0.1, 0.15) is 5.54 Å². The molecule has 0 bridgehead atoms. The Morgan fingerprint density at radius 2 is 2.42 bits per heavy atom. The molecule has 1 saturated carbocycles. The second-order valence-corrected chi connectivity index (χ2v) is 5.11. The fourth-order valence-electron chi connectivity index (χ4n) is 2.79. The van der Waals surface area contributed by atoms with E-state index in [-0.39, 0.29) is 12.0 Å². The molecule has 106 valence electrons. The van der Waals surface area contributed by atoms with Gasteiger partial charge in [-0.15, -0.1) is 0 Å². The summed E-state index contributed by atoms with van der Waals surface area (Å²) in [5, 5.41) is 7.69. The molecule has 1 aliphatic carbocycles. The van der Waals surface area contributed by atoms with Crippen LogP contribution in [0.4, 0.5) is 0 Å². The molecule has 0 amide bonds. The van der Waals surface area contributed by atoms with E-state index in [1.807, 2.05) is 23.9 Å². The second kappa shape index (κ2) is 6.19. The Bertz CT molecular complexity index is 405. The van der Waals surface area contributed by atoms with Crippen LogP contribution in [-0.4, -0.2) is 34.4 Å². The predicted octanol–water partition coefficient (Wildman–Crippen LogP) is 1.91. The Kier molecular flexibility index (Phi) is 4.58. The van der Waals surface area contributed by atoms with Crippen molar-refractivity contribution < 1.29 is 9.53 Å². The van der Waals surface area contributed by atoms with Crippen LogP contribution in [0.5, 0.6) is 0 Å². The van der Waals surface area contributed by atoms with Crippen LogP contribution in [-0.2, 0) is 9.53 Å². The monoisotopic (exact) mass is 265 g/mol. The third kappa shape index (κ3) is 2.97. The van der Waals surface area contributed by atoms with Gasteiger partial charge in [-0.3, -0.25) is 9.48 Å². The minimum Gasteiger partial charge on any atom is -0.465 e. The molecule has 19 heavy (non-hydrogen) atoms. The summed E-state index contributed by atoms with van der Waals surface area (Å²) in [6.45, 7) is 5.22. The zero-order valence-electron chi connectivity index (χ0n) is 11.8. The number of aromatic nitrogens is 2. The maximum atomic E-state index is 12.3. The molecule has 2 atom stereocenters. The van der Waals surface area contributed by atoms with Crippen LogP contribution in [0.25, 0.3) is 0 Å². The lowest BCUT2D eigenvalue weighted by Crippen LogP contribution is -2.51. The smallest absolute Gasteiger partial charge is 0.326 e. The van der Waals surface area contributed by atoms with Crippen LogP contribution in [0, 0.1) is 0 Å². The molecule has 1 aromatic heterocycles. The minimum atomic E-state index is -0.525. The number of ether oxygens (including phenoxy) is 1. The highest BCUT2D eigenvalue weighted by molar-refractivity contribution is 5.81.